The molecular weight excluding hydrogens is 399 g/mol. The summed E-state index contributed by atoms with van der Waals surface area (Å²) in [7, 11) is 0. The van der Waals surface area contributed by atoms with Crippen molar-refractivity contribution in [1.29, 1.82) is 0 Å². The van der Waals surface area contributed by atoms with Crippen molar-refractivity contribution in [2.75, 3.05) is 5.32 Å². The quantitative estimate of drug-likeness (QED) is 0.491. The molecule has 0 saturated carbocycles. The normalized spacial score (nSPS) is 10.6. The van der Waals surface area contributed by atoms with Gasteiger partial charge < -0.3 is 10.1 Å². The van der Waals surface area contributed by atoms with Gasteiger partial charge in [-0.15, -0.1) is 0 Å². The Hall–Kier alpha value is -3.16. The van der Waals surface area contributed by atoms with Crippen LogP contribution in [0.2, 0.25) is 10.0 Å². The average Bonchev–Trinajstić information content (AvgIpc) is 3.18. The number of pyridine rings is 2. The van der Waals surface area contributed by atoms with Crippen LogP contribution in [0.15, 0.2) is 67.4 Å². The van der Waals surface area contributed by atoms with Crippen molar-refractivity contribution in [3.63, 3.8) is 0 Å². The molecule has 0 fully saturated rings. The lowest BCUT2D eigenvalue weighted by Gasteiger charge is -2.12. The Morgan fingerprint density at radius 2 is 1.89 bits per heavy atom. The molecule has 0 saturated heterocycles. The molecule has 4 rings (SSSR count). The van der Waals surface area contributed by atoms with Gasteiger partial charge in [0, 0.05) is 24.5 Å². The van der Waals surface area contributed by atoms with E-state index in [2.05, 4.69) is 25.4 Å². The van der Waals surface area contributed by atoms with Gasteiger partial charge in [0.1, 0.15) is 12.1 Å². The number of benzene rings is 1. The third kappa shape index (κ3) is 3.90. The van der Waals surface area contributed by atoms with Crippen LogP contribution in [-0.2, 0) is 6.54 Å². The fraction of sp³-hybridized carbons (Fsp3) is 0.0526. The van der Waals surface area contributed by atoms with Gasteiger partial charge in [-0.2, -0.15) is 14.8 Å². The molecule has 7 nitrogen and oxygen atoms in total. The highest BCUT2D eigenvalue weighted by Gasteiger charge is 2.13. The molecule has 4 aromatic rings. The van der Waals surface area contributed by atoms with Crippen LogP contribution in [0.4, 0.5) is 5.95 Å². The Morgan fingerprint density at radius 1 is 1.00 bits per heavy atom. The van der Waals surface area contributed by atoms with Crippen molar-refractivity contribution in [2.45, 2.75) is 6.54 Å². The van der Waals surface area contributed by atoms with E-state index >= 15 is 0 Å². The fourth-order valence-corrected chi connectivity index (χ4v) is 2.91. The number of nitrogens with zero attached hydrogens (tertiary/aromatic N) is 5. The summed E-state index contributed by atoms with van der Waals surface area (Å²) >= 11 is 12.4. The van der Waals surface area contributed by atoms with Crippen LogP contribution in [-0.4, -0.2) is 24.7 Å². The number of ether oxygens (including phenoxy) is 1. The van der Waals surface area contributed by atoms with E-state index in [-0.39, 0.29) is 0 Å². The standard InChI is InChI=1S/C19H14Cl2N6O/c20-15-6-1-7-16(17(15)21)27-19(25-12-26-27)24-10-13-4-2-9-23-18(13)28-14-5-3-8-22-11-14/h1-9,11-12H,10H2,(H,24,25,26). The van der Waals surface area contributed by atoms with Crippen LogP contribution in [0.5, 0.6) is 11.6 Å². The summed E-state index contributed by atoms with van der Waals surface area (Å²) in [5, 5.41) is 8.32. The van der Waals surface area contributed by atoms with Gasteiger partial charge in [0.05, 0.1) is 21.9 Å². The highest BCUT2D eigenvalue weighted by atomic mass is 35.5. The summed E-state index contributed by atoms with van der Waals surface area (Å²) in [6.07, 6.45) is 6.42. The van der Waals surface area contributed by atoms with Crippen molar-refractivity contribution in [3.8, 4) is 17.3 Å². The van der Waals surface area contributed by atoms with Crippen LogP contribution < -0.4 is 10.1 Å². The zero-order valence-corrected chi connectivity index (χ0v) is 16.0. The minimum absolute atomic E-state index is 0.402. The second kappa shape index (κ2) is 8.24. The van der Waals surface area contributed by atoms with Crippen LogP contribution in [0, 0.1) is 0 Å². The second-order valence-electron chi connectivity index (χ2n) is 5.68. The summed E-state index contributed by atoms with van der Waals surface area (Å²) in [5.41, 5.74) is 1.48. The van der Waals surface area contributed by atoms with E-state index in [0.717, 1.165) is 5.56 Å². The number of hydrogen-bond donors (Lipinski definition) is 1. The van der Waals surface area contributed by atoms with Crippen LogP contribution in [0.3, 0.4) is 0 Å². The minimum atomic E-state index is 0.402. The van der Waals surface area contributed by atoms with Gasteiger partial charge in [0.2, 0.25) is 11.8 Å². The van der Waals surface area contributed by atoms with E-state index in [1.54, 1.807) is 41.5 Å². The van der Waals surface area contributed by atoms with Gasteiger partial charge in [-0.3, -0.25) is 4.98 Å². The van der Waals surface area contributed by atoms with E-state index in [1.165, 1.54) is 6.33 Å². The van der Waals surface area contributed by atoms with Gasteiger partial charge in [-0.25, -0.2) is 4.98 Å². The molecule has 0 aliphatic rings. The minimum Gasteiger partial charge on any atom is -0.437 e. The molecule has 3 heterocycles. The summed E-state index contributed by atoms with van der Waals surface area (Å²) in [6.45, 7) is 0.417. The van der Waals surface area contributed by atoms with Crippen molar-refractivity contribution < 1.29 is 4.74 Å². The Morgan fingerprint density at radius 3 is 2.75 bits per heavy atom. The zero-order valence-electron chi connectivity index (χ0n) is 14.5. The van der Waals surface area contributed by atoms with Gasteiger partial charge in [0.25, 0.3) is 0 Å². The lowest BCUT2D eigenvalue weighted by molar-refractivity contribution is 0.455. The molecule has 3 aromatic heterocycles. The third-order valence-electron chi connectivity index (χ3n) is 3.84. The van der Waals surface area contributed by atoms with E-state index in [4.69, 9.17) is 27.9 Å². The highest BCUT2D eigenvalue weighted by Crippen LogP contribution is 2.29. The molecule has 9 heteroatoms. The topological polar surface area (TPSA) is 77.8 Å². The van der Waals surface area contributed by atoms with Crippen LogP contribution in [0.1, 0.15) is 5.56 Å². The molecule has 1 aromatic carbocycles. The van der Waals surface area contributed by atoms with Crippen LogP contribution in [0.25, 0.3) is 5.69 Å². The largest absolute Gasteiger partial charge is 0.437 e. The number of hydrogen-bond acceptors (Lipinski definition) is 6. The first-order valence-electron chi connectivity index (χ1n) is 8.32. The first kappa shape index (κ1) is 18.2. The maximum atomic E-state index is 6.31. The van der Waals surface area contributed by atoms with Crippen molar-refractivity contribution in [1.82, 2.24) is 24.7 Å². The fourth-order valence-electron chi connectivity index (χ4n) is 2.54. The maximum Gasteiger partial charge on any atom is 0.226 e. The predicted molar refractivity (Wildman–Crippen MR) is 107 cm³/mol. The molecule has 0 aliphatic carbocycles. The molecule has 0 spiro atoms. The average molecular weight is 413 g/mol. The highest BCUT2D eigenvalue weighted by molar-refractivity contribution is 6.43. The number of nitrogens with one attached hydrogen (secondary N) is 1. The molecule has 0 aliphatic heterocycles. The Bertz CT molecular complexity index is 1090. The van der Waals surface area contributed by atoms with E-state index in [9.17, 15) is 0 Å². The van der Waals surface area contributed by atoms with Gasteiger partial charge in [0.15, 0.2) is 0 Å². The molecule has 0 bridgehead atoms. The first-order chi connectivity index (χ1) is 13.7. The summed E-state index contributed by atoms with van der Waals surface area (Å²) < 4.78 is 7.42. The summed E-state index contributed by atoms with van der Waals surface area (Å²) in [5.74, 6) is 1.60. The predicted octanol–water partition coefficient (Wildman–Crippen LogP) is 4.77. The number of aromatic nitrogens is 5. The van der Waals surface area contributed by atoms with Crippen molar-refractivity contribution >= 4 is 29.2 Å². The molecule has 0 radical (unpaired) electrons. The van der Waals surface area contributed by atoms with E-state index in [1.807, 2.05) is 24.3 Å². The summed E-state index contributed by atoms with van der Waals surface area (Å²) in [4.78, 5) is 12.6. The molecule has 0 atom stereocenters. The summed E-state index contributed by atoms with van der Waals surface area (Å²) in [6, 6.07) is 12.7. The lowest BCUT2D eigenvalue weighted by Crippen LogP contribution is -2.09. The van der Waals surface area contributed by atoms with Gasteiger partial charge in [-0.1, -0.05) is 35.3 Å². The molecular formula is C19H14Cl2N6O. The monoisotopic (exact) mass is 412 g/mol. The number of rotatable bonds is 6. The maximum absolute atomic E-state index is 6.31. The van der Waals surface area contributed by atoms with Crippen LogP contribution >= 0.6 is 23.2 Å². The van der Waals surface area contributed by atoms with Gasteiger partial charge >= 0.3 is 0 Å². The zero-order chi connectivity index (χ0) is 19.3. The molecule has 28 heavy (non-hydrogen) atoms. The van der Waals surface area contributed by atoms with Crippen molar-refractivity contribution in [3.05, 3.63) is 83.0 Å². The molecule has 0 amide bonds. The molecule has 140 valence electrons. The Balaban J connectivity index is 1.55. The number of anilines is 1. The third-order valence-corrected chi connectivity index (χ3v) is 4.65. The van der Waals surface area contributed by atoms with Crippen molar-refractivity contribution in [2.24, 2.45) is 0 Å². The van der Waals surface area contributed by atoms with E-state index < -0.39 is 0 Å². The Kier molecular flexibility index (Phi) is 5.36. The smallest absolute Gasteiger partial charge is 0.226 e. The second-order valence-corrected chi connectivity index (χ2v) is 6.47. The molecule has 0 unspecified atom stereocenters. The SMILES string of the molecule is Clc1cccc(-n2ncnc2NCc2cccnc2Oc2cccnc2)c1Cl. The molecule has 1 N–H and O–H groups in total. The number of halogens is 2. The van der Waals surface area contributed by atoms with E-state index in [0.29, 0.717) is 39.9 Å². The Labute approximate surface area is 171 Å². The van der Waals surface area contributed by atoms with Gasteiger partial charge in [-0.05, 0) is 30.3 Å². The first-order valence-corrected chi connectivity index (χ1v) is 9.08. The lowest BCUT2D eigenvalue weighted by atomic mass is 10.2.